The molecule has 7 heteroatoms. The van der Waals surface area contributed by atoms with E-state index in [0.717, 1.165) is 33.6 Å². The number of amidine groups is 1. The normalized spacial score (nSPS) is 15.2. The second kappa shape index (κ2) is 11.4. The van der Waals surface area contributed by atoms with Gasteiger partial charge in [-0.25, -0.2) is 9.79 Å². The Bertz CT molecular complexity index is 1560. The van der Waals surface area contributed by atoms with Crippen molar-refractivity contribution in [2.75, 3.05) is 4.90 Å². The molecule has 1 aliphatic rings. The van der Waals surface area contributed by atoms with Gasteiger partial charge in [0.15, 0.2) is 5.17 Å². The zero-order chi connectivity index (χ0) is 27.4. The molecule has 1 fully saturated rings. The van der Waals surface area contributed by atoms with Gasteiger partial charge < -0.3 is 9.84 Å². The topological polar surface area (TPSA) is 79.2 Å². The van der Waals surface area contributed by atoms with E-state index in [-0.39, 0.29) is 11.5 Å². The molecule has 4 aromatic carbocycles. The van der Waals surface area contributed by atoms with Crippen molar-refractivity contribution in [3.05, 3.63) is 130 Å². The highest BCUT2D eigenvalue weighted by Gasteiger charge is 2.34. The predicted molar refractivity (Wildman–Crippen MR) is 157 cm³/mol. The van der Waals surface area contributed by atoms with E-state index in [9.17, 15) is 9.59 Å². The van der Waals surface area contributed by atoms with Crippen LogP contribution in [-0.2, 0) is 11.4 Å². The monoisotopic (exact) mass is 534 g/mol. The zero-order valence-corrected chi connectivity index (χ0v) is 22.3. The number of carboxylic acids is 1. The number of carbonyl (C=O) groups is 2. The van der Waals surface area contributed by atoms with Crippen LogP contribution >= 0.6 is 11.8 Å². The lowest BCUT2D eigenvalue weighted by Gasteiger charge is -2.16. The summed E-state index contributed by atoms with van der Waals surface area (Å²) in [6.45, 7) is 4.36. The van der Waals surface area contributed by atoms with Crippen LogP contribution in [0.3, 0.4) is 0 Å². The van der Waals surface area contributed by atoms with Gasteiger partial charge in [0.2, 0.25) is 0 Å². The van der Waals surface area contributed by atoms with Gasteiger partial charge in [-0.05, 0) is 91.3 Å². The number of aromatic carboxylic acids is 1. The smallest absolute Gasteiger partial charge is 0.335 e. The van der Waals surface area contributed by atoms with Gasteiger partial charge in [0, 0.05) is 0 Å². The molecule has 39 heavy (non-hydrogen) atoms. The minimum absolute atomic E-state index is 0.125. The van der Waals surface area contributed by atoms with Gasteiger partial charge in [-0.1, -0.05) is 59.7 Å². The van der Waals surface area contributed by atoms with Crippen LogP contribution in [0.2, 0.25) is 0 Å². The molecule has 0 aromatic heterocycles. The van der Waals surface area contributed by atoms with E-state index < -0.39 is 5.97 Å². The number of nitrogens with zero attached hydrogens (tertiary/aromatic N) is 2. The fourth-order valence-corrected chi connectivity index (χ4v) is 4.92. The molecule has 0 aliphatic carbocycles. The van der Waals surface area contributed by atoms with Crippen molar-refractivity contribution in [3.8, 4) is 5.75 Å². The minimum atomic E-state index is -0.957. The largest absolute Gasteiger partial charge is 0.489 e. The number of ether oxygens (including phenoxy) is 1. The second-order valence-electron chi connectivity index (χ2n) is 9.18. The van der Waals surface area contributed by atoms with Crippen molar-refractivity contribution < 1.29 is 19.4 Å². The summed E-state index contributed by atoms with van der Waals surface area (Å²) in [7, 11) is 0. The summed E-state index contributed by atoms with van der Waals surface area (Å²) in [5, 5.41) is 9.64. The van der Waals surface area contributed by atoms with Crippen LogP contribution in [0.15, 0.2) is 107 Å². The van der Waals surface area contributed by atoms with Crippen LogP contribution in [0.5, 0.6) is 5.75 Å². The van der Waals surface area contributed by atoms with Crippen LogP contribution < -0.4 is 9.64 Å². The summed E-state index contributed by atoms with van der Waals surface area (Å²) in [5.41, 5.74) is 5.79. The number of benzene rings is 4. The molecule has 5 rings (SSSR count). The lowest BCUT2D eigenvalue weighted by Crippen LogP contribution is -2.28. The van der Waals surface area contributed by atoms with Gasteiger partial charge in [0.25, 0.3) is 5.91 Å². The van der Waals surface area contributed by atoms with Gasteiger partial charge in [0.05, 0.1) is 21.8 Å². The Morgan fingerprint density at radius 3 is 2.10 bits per heavy atom. The maximum absolute atomic E-state index is 13.5. The Hall–Kier alpha value is -4.62. The van der Waals surface area contributed by atoms with E-state index in [1.54, 1.807) is 29.2 Å². The average molecular weight is 535 g/mol. The Balaban J connectivity index is 1.35. The molecular weight excluding hydrogens is 508 g/mol. The number of anilines is 1. The van der Waals surface area contributed by atoms with Crippen LogP contribution in [0, 0.1) is 13.8 Å². The number of hydrogen-bond acceptors (Lipinski definition) is 5. The van der Waals surface area contributed by atoms with Crippen LogP contribution in [0.4, 0.5) is 11.4 Å². The molecule has 0 spiro atoms. The van der Waals surface area contributed by atoms with Crippen molar-refractivity contribution in [1.29, 1.82) is 0 Å². The number of hydrogen-bond donors (Lipinski definition) is 1. The van der Waals surface area contributed by atoms with E-state index >= 15 is 0 Å². The number of thioether (sulfide) groups is 1. The summed E-state index contributed by atoms with van der Waals surface area (Å²) in [5.74, 6) is -0.408. The Labute approximate surface area is 231 Å². The molecule has 0 bridgehead atoms. The van der Waals surface area contributed by atoms with E-state index in [1.165, 1.54) is 11.8 Å². The Morgan fingerprint density at radius 1 is 0.872 bits per heavy atom. The number of amides is 1. The number of rotatable bonds is 7. The first-order chi connectivity index (χ1) is 18.9. The van der Waals surface area contributed by atoms with Gasteiger partial charge in [-0.15, -0.1) is 0 Å². The first kappa shape index (κ1) is 26.0. The van der Waals surface area contributed by atoms with Gasteiger partial charge in [0.1, 0.15) is 12.4 Å². The fraction of sp³-hybridized carbons (Fsp3) is 0.0938. The van der Waals surface area contributed by atoms with Crippen molar-refractivity contribution >= 4 is 46.3 Å². The SMILES string of the molecule is Cc1ccc(N=C2S/C(=C\c3ccc(OCc4ccc(C(=O)O)cc4)cc3)C(=O)N2c2ccc(C)cc2)cc1. The maximum Gasteiger partial charge on any atom is 0.335 e. The summed E-state index contributed by atoms with van der Waals surface area (Å²) < 4.78 is 5.85. The van der Waals surface area contributed by atoms with Crippen LogP contribution in [0.25, 0.3) is 6.08 Å². The molecule has 194 valence electrons. The third-order valence-corrected chi connectivity index (χ3v) is 7.11. The van der Waals surface area contributed by atoms with E-state index in [1.807, 2.05) is 92.7 Å². The molecule has 0 atom stereocenters. The first-order valence-corrected chi connectivity index (χ1v) is 13.2. The molecule has 0 unspecified atom stereocenters. The zero-order valence-electron chi connectivity index (χ0n) is 21.5. The molecule has 1 aliphatic heterocycles. The lowest BCUT2D eigenvalue weighted by atomic mass is 10.1. The minimum Gasteiger partial charge on any atom is -0.489 e. The summed E-state index contributed by atoms with van der Waals surface area (Å²) >= 11 is 1.35. The molecule has 6 nitrogen and oxygen atoms in total. The molecular formula is C32H26N2O4S. The molecule has 1 heterocycles. The third kappa shape index (κ3) is 6.27. The second-order valence-corrected chi connectivity index (χ2v) is 10.2. The lowest BCUT2D eigenvalue weighted by molar-refractivity contribution is -0.113. The van der Waals surface area contributed by atoms with Gasteiger partial charge in [-0.2, -0.15) is 0 Å². The van der Waals surface area contributed by atoms with Crippen molar-refractivity contribution in [2.45, 2.75) is 20.5 Å². The standard InChI is InChI=1S/C32H26N2O4S/c1-21-3-13-26(14-4-21)33-32-34(27-15-5-22(2)6-16-27)30(35)29(39-32)19-23-9-17-28(18-10-23)38-20-24-7-11-25(12-8-24)31(36)37/h3-19H,20H2,1-2H3,(H,36,37)/b29-19-,33-32?. The highest BCUT2D eigenvalue weighted by molar-refractivity contribution is 8.19. The van der Waals surface area contributed by atoms with Gasteiger partial charge >= 0.3 is 5.97 Å². The number of aryl methyl sites for hydroxylation is 2. The molecule has 4 aromatic rings. The van der Waals surface area contributed by atoms with E-state index in [0.29, 0.717) is 22.4 Å². The third-order valence-electron chi connectivity index (χ3n) is 6.14. The molecule has 1 saturated heterocycles. The summed E-state index contributed by atoms with van der Waals surface area (Å²) in [6, 6.07) is 29.8. The van der Waals surface area contributed by atoms with E-state index in [2.05, 4.69) is 0 Å². The number of carboxylic acid groups (broad SMARTS) is 1. The van der Waals surface area contributed by atoms with E-state index in [4.69, 9.17) is 14.8 Å². The van der Waals surface area contributed by atoms with Crippen molar-refractivity contribution in [1.82, 2.24) is 0 Å². The molecule has 1 N–H and O–H groups in total. The quantitative estimate of drug-likeness (QED) is 0.250. The van der Waals surface area contributed by atoms with Crippen molar-refractivity contribution in [3.63, 3.8) is 0 Å². The van der Waals surface area contributed by atoms with Crippen LogP contribution in [0.1, 0.15) is 32.6 Å². The molecule has 1 amide bonds. The summed E-state index contributed by atoms with van der Waals surface area (Å²) in [6.07, 6.45) is 1.86. The van der Waals surface area contributed by atoms with Crippen molar-refractivity contribution in [2.24, 2.45) is 4.99 Å². The summed E-state index contributed by atoms with van der Waals surface area (Å²) in [4.78, 5) is 31.6. The first-order valence-electron chi connectivity index (χ1n) is 12.4. The number of carbonyl (C=O) groups excluding carboxylic acids is 1. The number of aliphatic imine (C=N–C) groups is 1. The average Bonchev–Trinajstić information content (AvgIpc) is 3.24. The highest BCUT2D eigenvalue weighted by atomic mass is 32.2. The Morgan fingerprint density at radius 2 is 1.49 bits per heavy atom. The molecule has 0 saturated carbocycles. The van der Waals surface area contributed by atoms with Crippen LogP contribution in [-0.4, -0.2) is 22.2 Å². The Kier molecular flexibility index (Phi) is 7.61. The van der Waals surface area contributed by atoms with Gasteiger partial charge in [-0.3, -0.25) is 9.69 Å². The fourth-order valence-electron chi connectivity index (χ4n) is 3.92. The predicted octanol–water partition coefficient (Wildman–Crippen LogP) is 7.39. The molecule has 0 radical (unpaired) electrons. The maximum atomic E-state index is 13.5. The highest BCUT2D eigenvalue weighted by Crippen LogP contribution is 2.37.